The molecule has 2 aliphatic rings. The molecular weight excluding hydrogens is 436 g/mol. The Hall–Kier alpha value is -2.76. The molecule has 0 saturated heterocycles. The maximum absolute atomic E-state index is 12.2. The zero-order valence-corrected chi connectivity index (χ0v) is 18.8. The van der Waals surface area contributed by atoms with Gasteiger partial charge in [0.1, 0.15) is 0 Å². The number of benzene rings is 1. The molecular formula is C20H22N6O3S2. The number of hydrogen-bond donors (Lipinski definition) is 1. The summed E-state index contributed by atoms with van der Waals surface area (Å²) >= 11 is 1.21. The minimum absolute atomic E-state index is 0.00374. The van der Waals surface area contributed by atoms with Crippen LogP contribution in [0.5, 0.6) is 0 Å². The van der Waals surface area contributed by atoms with Crippen LogP contribution < -0.4 is 15.3 Å². The van der Waals surface area contributed by atoms with Crippen LogP contribution in [0.3, 0.4) is 0 Å². The number of aromatic nitrogens is 3. The predicted molar refractivity (Wildman–Crippen MR) is 121 cm³/mol. The molecule has 3 aromatic rings. The molecule has 0 spiro atoms. The summed E-state index contributed by atoms with van der Waals surface area (Å²) in [5, 5.41) is 1.91. The molecule has 4 heterocycles. The van der Waals surface area contributed by atoms with E-state index >= 15 is 0 Å². The van der Waals surface area contributed by atoms with Gasteiger partial charge in [0.25, 0.3) is 0 Å². The number of rotatable bonds is 4. The maximum Gasteiger partial charge on any atom is 0.307 e. The number of nitrogens with one attached hydrogen (secondary N) is 1. The molecule has 0 saturated carbocycles. The normalized spacial score (nSPS) is 17.3. The molecule has 1 N–H and O–H groups in total. The zero-order valence-electron chi connectivity index (χ0n) is 17.2. The van der Waals surface area contributed by atoms with Crippen molar-refractivity contribution in [3.8, 4) is 11.3 Å². The zero-order chi connectivity index (χ0) is 21.8. The highest BCUT2D eigenvalue weighted by molar-refractivity contribution is 7.89. The number of sulfonamides is 1. The smallest absolute Gasteiger partial charge is 0.302 e. The average Bonchev–Trinajstić information content (AvgIpc) is 3.33. The fraction of sp³-hybridized carbons (Fsp3) is 0.350. The van der Waals surface area contributed by atoms with Gasteiger partial charge in [0.05, 0.1) is 40.6 Å². The van der Waals surface area contributed by atoms with Crippen molar-refractivity contribution in [1.29, 1.82) is 0 Å². The molecule has 0 aliphatic carbocycles. The lowest BCUT2D eigenvalue weighted by atomic mass is 10.1. The number of thiazole rings is 1. The molecule has 1 aromatic carbocycles. The molecule has 11 heteroatoms. The lowest BCUT2D eigenvalue weighted by Gasteiger charge is -2.26. The summed E-state index contributed by atoms with van der Waals surface area (Å²) in [7, 11) is -1.44. The molecule has 5 rings (SSSR count). The second kappa shape index (κ2) is 7.43. The molecule has 0 bridgehead atoms. The average molecular weight is 459 g/mol. The molecule has 2 aromatic heterocycles. The Morgan fingerprint density at radius 1 is 1.23 bits per heavy atom. The minimum Gasteiger partial charge on any atom is -0.302 e. The van der Waals surface area contributed by atoms with E-state index in [1.165, 1.54) is 11.3 Å². The number of hydrazine groups is 1. The van der Waals surface area contributed by atoms with Gasteiger partial charge in [-0.15, -0.1) is 0 Å². The van der Waals surface area contributed by atoms with E-state index in [1.807, 2.05) is 23.2 Å². The highest BCUT2D eigenvalue weighted by atomic mass is 32.2. The molecule has 0 amide bonds. The van der Waals surface area contributed by atoms with E-state index in [0.29, 0.717) is 37.6 Å². The summed E-state index contributed by atoms with van der Waals surface area (Å²) in [6.45, 7) is 3.13. The second-order valence-electron chi connectivity index (χ2n) is 7.64. The Bertz CT molecular complexity index is 1380. The van der Waals surface area contributed by atoms with E-state index in [0.717, 1.165) is 27.1 Å². The topological polar surface area (TPSA) is 100 Å². The molecule has 31 heavy (non-hydrogen) atoms. The first-order valence-electron chi connectivity index (χ1n) is 10.0. The quantitative estimate of drug-likeness (QED) is 0.635. The van der Waals surface area contributed by atoms with Crippen LogP contribution in [0, 0.1) is 0 Å². The molecule has 2 aliphatic heterocycles. The van der Waals surface area contributed by atoms with Crippen molar-refractivity contribution in [1.82, 2.24) is 24.3 Å². The summed E-state index contributed by atoms with van der Waals surface area (Å²) < 4.78 is 28.6. The van der Waals surface area contributed by atoms with Crippen LogP contribution in [0.1, 0.15) is 13.3 Å². The van der Waals surface area contributed by atoms with Crippen molar-refractivity contribution < 1.29 is 8.42 Å². The summed E-state index contributed by atoms with van der Waals surface area (Å²) in [5.74, 6) is 0.777. The van der Waals surface area contributed by atoms with Crippen molar-refractivity contribution in [3.05, 3.63) is 51.5 Å². The number of fused-ring (bicyclic) bond motifs is 1. The van der Waals surface area contributed by atoms with Crippen LogP contribution in [0.2, 0.25) is 0 Å². The molecule has 0 fully saturated rings. The highest BCUT2D eigenvalue weighted by Gasteiger charge is 2.32. The standard InChI is InChI=1S/C20H22N6O3S2/c1-3-31(28,29)25-7-6-15-14(11-25)12-26(23-15)19-10-21-9-16(22-19)13-4-5-17-18(8-13)30-20(27)24(17)2/h4-5,8-10,23H,3,6-7,11-12H2,1-2H3. The van der Waals surface area contributed by atoms with E-state index in [9.17, 15) is 13.2 Å². The molecule has 0 radical (unpaired) electrons. The van der Waals surface area contributed by atoms with Crippen LogP contribution in [0.15, 0.2) is 46.7 Å². The molecule has 0 atom stereocenters. The van der Waals surface area contributed by atoms with Crippen LogP contribution in [0.25, 0.3) is 21.5 Å². The fourth-order valence-corrected chi connectivity index (χ4v) is 5.96. The molecule has 0 unspecified atom stereocenters. The first kappa shape index (κ1) is 20.2. The Balaban J connectivity index is 1.39. The fourth-order valence-electron chi connectivity index (χ4n) is 3.95. The number of aryl methyl sites for hydroxylation is 1. The summed E-state index contributed by atoms with van der Waals surface area (Å²) in [5.41, 5.74) is 7.98. The minimum atomic E-state index is -3.20. The van der Waals surface area contributed by atoms with Gasteiger partial charge in [-0.05, 0) is 24.6 Å². The van der Waals surface area contributed by atoms with Gasteiger partial charge < -0.3 is 9.99 Å². The Labute approximate surface area is 183 Å². The first-order chi connectivity index (χ1) is 14.9. The Kier molecular flexibility index (Phi) is 4.83. The van der Waals surface area contributed by atoms with Gasteiger partial charge in [-0.25, -0.2) is 13.4 Å². The van der Waals surface area contributed by atoms with Gasteiger partial charge in [-0.2, -0.15) is 4.31 Å². The molecule has 162 valence electrons. The van der Waals surface area contributed by atoms with Crippen LogP contribution in [-0.4, -0.2) is 52.6 Å². The summed E-state index contributed by atoms with van der Waals surface area (Å²) in [6, 6.07) is 5.83. The number of hydrogen-bond acceptors (Lipinski definition) is 8. The maximum atomic E-state index is 12.2. The number of nitrogens with zero attached hydrogens (tertiary/aromatic N) is 5. The third-order valence-electron chi connectivity index (χ3n) is 5.77. The van der Waals surface area contributed by atoms with Gasteiger partial charge >= 0.3 is 4.87 Å². The van der Waals surface area contributed by atoms with Gasteiger partial charge in [-0.1, -0.05) is 17.4 Å². The lowest BCUT2D eigenvalue weighted by Crippen LogP contribution is -2.38. The van der Waals surface area contributed by atoms with Crippen LogP contribution >= 0.6 is 11.3 Å². The van der Waals surface area contributed by atoms with E-state index in [4.69, 9.17) is 4.98 Å². The van der Waals surface area contributed by atoms with E-state index in [-0.39, 0.29) is 10.6 Å². The third kappa shape index (κ3) is 3.52. The van der Waals surface area contributed by atoms with Gasteiger partial charge in [0.2, 0.25) is 10.0 Å². The van der Waals surface area contributed by atoms with Crippen LogP contribution in [-0.2, 0) is 17.1 Å². The van der Waals surface area contributed by atoms with Crippen molar-refractivity contribution in [3.63, 3.8) is 0 Å². The highest BCUT2D eigenvalue weighted by Crippen LogP contribution is 2.29. The Morgan fingerprint density at radius 3 is 2.87 bits per heavy atom. The Morgan fingerprint density at radius 2 is 2.06 bits per heavy atom. The van der Waals surface area contributed by atoms with Crippen LogP contribution in [0.4, 0.5) is 5.82 Å². The first-order valence-corrected chi connectivity index (χ1v) is 12.4. The summed E-state index contributed by atoms with van der Waals surface area (Å²) in [4.78, 5) is 21.1. The monoisotopic (exact) mass is 458 g/mol. The van der Waals surface area contributed by atoms with Crippen molar-refractivity contribution in [2.24, 2.45) is 7.05 Å². The van der Waals surface area contributed by atoms with E-state index < -0.39 is 10.0 Å². The lowest BCUT2D eigenvalue weighted by molar-refractivity contribution is 0.421. The SMILES string of the molecule is CCS(=O)(=O)N1CCC2=C(CN(c3cncc(-c4ccc5c(c4)sc(=O)n5C)n3)N2)C1. The predicted octanol–water partition coefficient (Wildman–Crippen LogP) is 1.69. The van der Waals surface area contributed by atoms with Crippen molar-refractivity contribution in [2.75, 3.05) is 30.4 Å². The van der Waals surface area contributed by atoms with Crippen molar-refractivity contribution >= 4 is 37.4 Å². The van der Waals surface area contributed by atoms with Gasteiger partial charge in [-0.3, -0.25) is 14.8 Å². The third-order valence-corrected chi connectivity index (χ3v) is 8.59. The van der Waals surface area contributed by atoms with Gasteiger partial charge in [0, 0.05) is 37.8 Å². The van der Waals surface area contributed by atoms with E-state index in [1.54, 1.807) is 35.2 Å². The number of anilines is 1. The van der Waals surface area contributed by atoms with E-state index in [2.05, 4.69) is 10.4 Å². The molecule has 9 nitrogen and oxygen atoms in total. The largest absolute Gasteiger partial charge is 0.307 e. The summed E-state index contributed by atoms with van der Waals surface area (Å²) in [6.07, 6.45) is 4.05. The second-order valence-corrected chi connectivity index (χ2v) is 10.9. The van der Waals surface area contributed by atoms with Gasteiger partial charge in [0.15, 0.2) is 5.82 Å². The van der Waals surface area contributed by atoms with Crippen molar-refractivity contribution in [2.45, 2.75) is 13.3 Å².